The summed E-state index contributed by atoms with van der Waals surface area (Å²) in [5, 5.41) is 11.0. The Bertz CT molecular complexity index is 248. The van der Waals surface area contributed by atoms with E-state index in [1.165, 1.54) is 0 Å². The van der Waals surface area contributed by atoms with Gasteiger partial charge < -0.3 is 10.0 Å². The van der Waals surface area contributed by atoms with E-state index in [0.717, 1.165) is 18.8 Å². The first-order chi connectivity index (χ1) is 5.77. The summed E-state index contributed by atoms with van der Waals surface area (Å²) in [6, 6.07) is 7.02. The molecule has 1 rings (SSSR count). The molecule has 0 unspecified atom stereocenters. The van der Waals surface area contributed by atoms with Gasteiger partial charge in [0.2, 0.25) is 0 Å². The first-order valence-electron chi connectivity index (χ1n) is 4.30. The van der Waals surface area contributed by atoms with Gasteiger partial charge in [-0.1, -0.05) is 12.1 Å². The van der Waals surface area contributed by atoms with Crippen molar-refractivity contribution < 1.29 is 24.0 Å². The maximum atomic E-state index is 11.0. The van der Waals surface area contributed by atoms with Gasteiger partial charge >= 0.3 is 18.9 Å². The van der Waals surface area contributed by atoms with Crippen LogP contribution in [0.25, 0.3) is 0 Å². The standard InChI is InChI=1S/C10H15NO.Li/c1-3-11(4-2)9-6-5-7-10(12)8-9;/h5-8,12H,3-4H2,1-2H3;/q;+1/p-1. The number of hydrogen-bond donors (Lipinski definition) is 0. The molecule has 1 aromatic rings. The van der Waals surface area contributed by atoms with Crippen molar-refractivity contribution in [2.45, 2.75) is 13.8 Å². The van der Waals surface area contributed by atoms with Crippen LogP contribution in [-0.2, 0) is 0 Å². The minimum Gasteiger partial charge on any atom is -0.872 e. The van der Waals surface area contributed by atoms with E-state index in [9.17, 15) is 5.11 Å². The van der Waals surface area contributed by atoms with Crippen LogP contribution in [-0.4, -0.2) is 13.1 Å². The molecule has 2 nitrogen and oxygen atoms in total. The van der Waals surface area contributed by atoms with Gasteiger partial charge in [0.15, 0.2) is 0 Å². The molecule has 0 aliphatic carbocycles. The zero-order valence-electron chi connectivity index (χ0n) is 8.58. The number of benzene rings is 1. The van der Waals surface area contributed by atoms with E-state index in [4.69, 9.17) is 0 Å². The van der Waals surface area contributed by atoms with Crippen LogP contribution in [0.4, 0.5) is 5.69 Å². The molecule has 13 heavy (non-hydrogen) atoms. The molecule has 0 bridgehead atoms. The summed E-state index contributed by atoms with van der Waals surface area (Å²) in [7, 11) is 0. The van der Waals surface area contributed by atoms with E-state index >= 15 is 0 Å². The van der Waals surface area contributed by atoms with Crippen molar-refractivity contribution >= 4 is 5.69 Å². The van der Waals surface area contributed by atoms with Crippen LogP contribution < -0.4 is 28.9 Å². The van der Waals surface area contributed by atoms with Gasteiger partial charge in [0, 0.05) is 18.8 Å². The van der Waals surface area contributed by atoms with Crippen LogP contribution in [0.3, 0.4) is 0 Å². The Morgan fingerprint density at radius 2 is 1.85 bits per heavy atom. The van der Waals surface area contributed by atoms with Gasteiger partial charge in [-0.2, -0.15) is 0 Å². The van der Waals surface area contributed by atoms with Crippen LogP contribution in [0.2, 0.25) is 0 Å². The van der Waals surface area contributed by atoms with Gasteiger partial charge in [0.05, 0.1) is 0 Å². The van der Waals surface area contributed by atoms with Crippen LogP contribution in [0.5, 0.6) is 5.75 Å². The Labute approximate surface area is 91.7 Å². The Kier molecular flexibility index (Phi) is 5.69. The predicted octanol–water partition coefficient (Wildman–Crippen LogP) is -1.39. The Balaban J connectivity index is 0.00000144. The molecule has 0 heterocycles. The maximum Gasteiger partial charge on any atom is 1.00 e. The molecule has 0 saturated heterocycles. The van der Waals surface area contributed by atoms with Crippen molar-refractivity contribution in [1.82, 2.24) is 0 Å². The molecule has 66 valence electrons. The van der Waals surface area contributed by atoms with Gasteiger partial charge in [0.25, 0.3) is 0 Å². The first kappa shape index (κ1) is 12.4. The second-order valence-corrected chi connectivity index (χ2v) is 2.67. The summed E-state index contributed by atoms with van der Waals surface area (Å²) in [6.45, 7) is 6.06. The summed E-state index contributed by atoms with van der Waals surface area (Å²) >= 11 is 0. The Morgan fingerprint density at radius 3 is 2.31 bits per heavy atom. The van der Waals surface area contributed by atoms with Crippen molar-refractivity contribution in [1.29, 1.82) is 0 Å². The quantitative estimate of drug-likeness (QED) is 0.523. The molecule has 1 aromatic carbocycles. The Hall–Kier alpha value is -0.583. The molecule has 0 spiro atoms. The predicted molar refractivity (Wildman–Crippen MR) is 49.4 cm³/mol. The molecular weight excluding hydrogens is 157 g/mol. The van der Waals surface area contributed by atoms with Gasteiger partial charge in [-0.05, 0) is 26.0 Å². The van der Waals surface area contributed by atoms with Crippen LogP contribution >= 0.6 is 0 Å². The second kappa shape index (κ2) is 5.96. The zero-order chi connectivity index (χ0) is 8.97. The van der Waals surface area contributed by atoms with E-state index in [-0.39, 0.29) is 24.6 Å². The topological polar surface area (TPSA) is 26.3 Å². The molecular formula is C10H14LiNO. The number of hydrogen-bond acceptors (Lipinski definition) is 2. The minimum atomic E-state index is 0. The van der Waals surface area contributed by atoms with Gasteiger partial charge in [-0.15, -0.1) is 5.75 Å². The minimum absolute atomic E-state index is 0. The molecule has 0 N–H and O–H groups in total. The van der Waals surface area contributed by atoms with Gasteiger partial charge in [-0.3, -0.25) is 0 Å². The maximum absolute atomic E-state index is 11.0. The summed E-state index contributed by atoms with van der Waals surface area (Å²) < 4.78 is 0. The van der Waals surface area contributed by atoms with Crippen LogP contribution in [0.1, 0.15) is 13.8 Å². The smallest absolute Gasteiger partial charge is 0.872 e. The largest absolute Gasteiger partial charge is 1.00 e. The zero-order valence-corrected chi connectivity index (χ0v) is 8.58. The fourth-order valence-electron chi connectivity index (χ4n) is 1.27. The van der Waals surface area contributed by atoms with E-state index in [2.05, 4.69) is 18.7 Å². The fraction of sp³-hybridized carbons (Fsp3) is 0.400. The van der Waals surface area contributed by atoms with Crippen molar-refractivity contribution in [2.24, 2.45) is 0 Å². The molecule has 0 aliphatic rings. The summed E-state index contributed by atoms with van der Waals surface area (Å²) in [6.07, 6.45) is 0. The third kappa shape index (κ3) is 3.34. The van der Waals surface area contributed by atoms with E-state index in [1.54, 1.807) is 18.2 Å². The summed E-state index contributed by atoms with van der Waals surface area (Å²) in [5.41, 5.74) is 1.02. The summed E-state index contributed by atoms with van der Waals surface area (Å²) in [5.74, 6) is 0.0828. The van der Waals surface area contributed by atoms with E-state index in [1.807, 2.05) is 6.07 Å². The third-order valence-electron chi connectivity index (χ3n) is 1.95. The molecule has 3 heteroatoms. The third-order valence-corrected chi connectivity index (χ3v) is 1.95. The second-order valence-electron chi connectivity index (χ2n) is 2.67. The number of rotatable bonds is 3. The normalized spacial score (nSPS) is 9.08. The molecule has 0 amide bonds. The molecule has 0 aromatic heterocycles. The SMILES string of the molecule is CCN(CC)c1cccc([O-])c1.[Li+]. The van der Waals surface area contributed by atoms with Crippen LogP contribution in [0.15, 0.2) is 24.3 Å². The van der Waals surface area contributed by atoms with E-state index < -0.39 is 0 Å². The van der Waals surface area contributed by atoms with Crippen molar-refractivity contribution in [3.63, 3.8) is 0 Å². The van der Waals surface area contributed by atoms with E-state index in [0.29, 0.717) is 0 Å². The average Bonchev–Trinajstić information content (AvgIpc) is 2.07. The number of anilines is 1. The monoisotopic (exact) mass is 171 g/mol. The molecule has 0 radical (unpaired) electrons. The molecule has 0 atom stereocenters. The van der Waals surface area contributed by atoms with Gasteiger partial charge in [-0.25, -0.2) is 0 Å². The first-order valence-corrected chi connectivity index (χ1v) is 4.30. The molecule has 0 fully saturated rings. The average molecular weight is 171 g/mol. The fourth-order valence-corrected chi connectivity index (χ4v) is 1.27. The van der Waals surface area contributed by atoms with Crippen molar-refractivity contribution in [3.05, 3.63) is 24.3 Å². The van der Waals surface area contributed by atoms with Crippen LogP contribution in [0, 0.1) is 0 Å². The molecule has 0 aliphatic heterocycles. The van der Waals surface area contributed by atoms with Gasteiger partial charge in [0.1, 0.15) is 0 Å². The number of nitrogens with zero attached hydrogens (tertiary/aromatic N) is 1. The van der Waals surface area contributed by atoms with Crippen molar-refractivity contribution in [2.75, 3.05) is 18.0 Å². The Morgan fingerprint density at radius 1 is 1.23 bits per heavy atom. The molecule has 0 saturated carbocycles. The van der Waals surface area contributed by atoms with Crippen molar-refractivity contribution in [3.8, 4) is 5.75 Å². The summed E-state index contributed by atoms with van der Waals surface area (Å²) in [4.78, 5) is 2.15.